The summed E-state index contributed by atoms with van der Waals surface area (Å²) >= 11 is 0. The second-order valence-corrected chi connectivity index (χ2v) is 5.63. The quantitative estimate of drug-likeness (QED) is 0.894. The number of hydrogen-bond donors (Lipinski definition) is 1. The van der Waals surface area contributed by atoms with E-state index in [9.17, 15) is 4.79 Å². The minimum Gasteiger partial charge on any atom is -0.494 e. The highest BCUT2D eigenvalue weighted by atomic mass is 16.5. The van der Waals surface area contributed by atoms with Crippen LogP contribution in [0.2, 0.25) is 0 Å². The largest absolute Gasteiger partial charge is 0.494 e. The second-order valence-electron chi connectivity index (χ2n) is 5.63. The van der Waals surface area contributed by atoms with E-state index in [4.69, 9.17) is 4.74 Å². The Labute approximate surface area is 114 Å². The van der Waals surface area contributed by atoms with Crippen LogP contribution in [-0.4, -0.2) is 12.4 Å². The SMILES string of the molecule is CCOc1ccc(NC2=CC(C)(C)CC(=O)C2)cc1. The van der Waals surface area contributed by atoms with E-state index in [0.29, 0.717) is 25.2 Å². The molecule has 0 amide bonds. The number of allylic oxidation sites excluding steroid dienone is 2. The number of anilines is 1. The molecule has 1 N–H and O–H groups in total. The van der Waals surface area contributed by atoms with Gasteiger partial charge in [0.05, 0.1) is 6.61 Å². The Morgan fingerprint density at radius 2 is 1.95 bits per heavy atom. The molecular formula is C16H21NO2. The summed E-state index contributed by atoms with van der Waals surface area (Å²) in [5.41, 5.74) is 1.92. The summed E-state index contributed by atoms with van der Waals surface area (Å²) in [6.45, 7) is 6.81. The van der Waals surface area contributed by atoms with Gasteiger partial charge in [0.1, 0.15) is 11.5 Å². The Morgan fingerprint density at radius 1 is 1.26 bits per heavy atom. The van der Waals surface area contributed by atoms with Crippen LogP contribution in [0.25, 0.3) is 0 Å². The first-order valence-corrected chi connectivity index (χ1v) is 6.72. The van der Waals surface area contributed by atoms with Gasteiger partial charge >= 0.3 is 0 Å². The lowest BCUT2D eigenvalue weighted by atomic mass is 9.81. The number of carbonyl (C=O) groups is 1. The fourth-order valence-corrected chi connectivity index (χ4v) is 2.42. The molecule has 2 rings (SSSR count). The van der Waals surface area contributed by atoms with Gasteiger partial charge in [0.15, 0.2) is 0 Å². The molecule has 0 fully saturated rings. The number of nitrogens with one attached hydrogen (secondary N) is 1. The average molecular weight is 259 g/mol. The van der Waals surface area contributed by atoms with E-state index in [2.05, 4.69) is 25.2 Å². The number of carbonyl (C=O) groups excluding carboxylic acids is 1. The average Bonchev–Trinajstić information content (AvgIpc) is 2.29. The standard InChI is InChI=1S/C16H21NO2/c1-4-19-15-7-5-12(6-8-15)17-13-9-14(18)11-16(2,3)10-13/h5-8,10,17H,4,9,11H2,1-3H3. The van der Waals surface area contributed by atoms with Gasteiger partial charge < -0.3 is 10.1 Å². The Morgan fingerprint density at radius 3 is 2.53 bits per heavy atom. The summed E-state index contributed by atoms with van der Waals surface area (Å²) in [6, 6.07) is 7.81. The zero-order valence-electron chi connectivity index (χ0n) is 11.8. The Bertz CT molecular complexity index is 486. The molecule has 3 heteroatoms. The first kappa shape index (κ1) is 13.7. The predicted octanol–water partition coefficient (Wildman–Crippen LogP) is 3.77. The van der Waals surface area contributed by atoms with Crippen molar-refractivity contribution in [1.29, 1.82) is 0 Å². The molecule has 1 aliphatic rings. The van der Waals surface area contributed by atoms with Crippen LogP contribution in [-0.2, 0) is 4.79 Å². The molecule has 0 aliphatic heterocycles. The van der Waals surface area contributed by atoms with E-state index in [1.165, 1.54) is 0 Å². The van der Waals surface area contributed by atoms with Crippen molar-refractivity contribution >= 4 is 11.5 Å². The normalized spacial score (nSPS) is 17.8. The van der Waals surface area contributed by atoms with Gasteiger partial charge in [0, 0.05) is 24.2 Å². The van der Waals surface area contributed by atoms with Gasteiger partial charge in [0.2, 0.25) is 0 Å². The van der Waals surface area contributed by atoms with E-state index >= 15 is 0 Å². The minimum atomic E-state index is -0.0526. The molecule has 0 heterocycles. The fourth-order valence-electron chi connectivity index (χ4n) is 2.42. The van der Waals surface area contributed by atoms with Gasteiger partial charge in [-0.2, -0.15) is 0 Å². The van der Waals surface area contributed by atoms with Crippen LogP contribution in [0.3, 0.4) is 0 Å². The van der Waals surface area contributed by atoms with Gasteiger partial charge in [-0.3, -0.25) is 4.79 Å². The third-order valence-corrected chi connectivity index (χ3v) is 3.08. The van der Waals surface area contributed by atoms with Crippen molar-refractivity contribution in [2.45, 2.75) is 33.6 Å². The molecule has 0 saturated carbocycles. The summed E-state index contributed by atoms with van der Waals surface area (Å²) in [4.78, 5) is 11.7. The number of ketones is 1. The van der Waals surface area contributed by atoms with Gasteiger partial charge in [-0.25, -0.2) is 0 Å². The molecule has 0 aromatic heterocycles. The van der Waals surface area contributed by atoms with Crippen LogP contribution in [0.15, 0.2) is 36.0 Å². The smallest absolute Gasteiger partial charge is 0.139 e. The number of Topliss-reactive ketones (excluding diaryl/α,β-unsaturated/α-hetero) is 1. The molecule has 0 spiro atoms. The van der Waals surface area contributed by atoms with Gasteiger partial charge in [-0.05, 0) is 36.6 Å². The first-order chi connectivity index (χ1) is 8.98. The van der Waals surface area contributed by atoms with Crippen molar-refractivity contribution < 1.29 is 9.53 Å². The highest BCUT2D eigenvalue weighted by molar-refractivity contribution is 5.84. The molecule has 102 valence electrons. The molecule has 0 unspecified atom stereocenters. The minimum absolute atomic E-state index is 0.0526. The van der Waals surface area contributed by atoms with Crippen LogP contribution in [0, 0.1) is 5.41 Å². The summed E-state index contributed by atoms with van der Waals surface area (Å²) in [5.74, 6) is 1.16. The lowest BCUT2D eigenvalue weighted by Crippen LogP contribution is -2.23. The fraction of sp³-hybridized carbons (Fsp3) is 0.438. The molecular weight excluding hydrogens is 238 g/mol. The Balaban J connectivity index is 2.08. The van der Waals surface area contributed by atoms with Crippen LogP contribution < -0.4 is 10.1 Å². The van der Waals surface area contributed by atoms with Gasteiger partial charge in [0.25, 0.3) is 0 Å². The zero-order valence-corrected chi connectivity index (χ0v) is 11.8. The molecule has 19 heavy (non-hydrogen) atoms. The third kappa shape index (κ3) is 3.85. The second kappa shape index (κ2) is 5.47. The highest BCUT2D eigenvalue weighted by Gasteiger charge is 2.26. The van der Waals surface area contributed by atoms with Crippen molar-refractivity contribution in [2.75, 3.05) is 11.9 Å². The van der Waals surface area contributed by atoms with Crippen LogP contribution >= 0.6 is 0 Å². The summed E-state index contributed by atoms with van der Waals surface area (Å²) in [7, 11) is 0. The zero-order chi connectivity index (χ0) is 13.9. The van der Waals surface area contributed by atoms with Gasteiger partial charge in [-0.1, -0.05) is 19.9 Å². The molecule has 0 bridgehead atoms. The molecule has 3 nitrogen and oxygen atoms in total. The van der Waals surface area contributed by atoms with Crippen LogP contribution in [0.1, 0.15) is 33.6 Å². The maximum atomic E-state index is 11.7. The molecule has 1 aromatic rings. The van der Waals surface area contributed by atoms with Gasteiger partial charge in [-0.15, -0.1) is 0 Å². The first-order valence-electron chi connectivity index (χ1n) is 6.72. The van der Waals surface area contributed by atoms with E-state index in [1.807, 2.05) is 31.2 Å². The summed E-state index contributed by atoms with van der Waals surface area (Å²) in [5, 5.41) is 3.32. The van der Waals surface area contributed by atoms with E-state index in [1.54, 1.807) is 0 Å². The van der Waals surface area contributed by atoms with Crippen molar-refractivity contribution in [3.8, 4) is 5.75 Å². The maximum absolute atomic E-state index is 11.7. The van der Waals surface area contributed by atoms with E-state index in [0.717, 1.165) is 17.1 Å². The Kier molecular flexibility index (Phi) is 3.93. The predicted molar refractivity (Wildman–Crippen MR) is 77.3 cm³/mol. The molecule has 1 aliphatic carbocycles. The maximum Gasteiger partial charge on any atom is 0.139 e. The molecule has 1 aromatic carbocycles. The highest BCUT2D eigenvalue weighted by Crippen LogP contribution is 2.31. The summed E-state index contributed by atoms with van der Waals surface area (Å²) in [6.07, 6.45) is 3.28. The van der Waals surface area contributed by atoms with Crippen molar-refractivity contribution in [2.24, 2.45) is 5.41 Å². The summed E-state index contributed by atoms with van der Waals surface area (Å²) < 4.78 is 5.40. The van der Waals surface area contributed by atoms with Crippen molar-refractivity contribution in [1.82, 2.24) is 0 Å². The van der Waals surface area contributed by atoms with E-state index in [-0.39, 0.29) is 5.41 Å². The lowest BCUT2D eigenvalue weighted by Gasteiger charge is -2.27. The third-order valence-electron chi connectivity index (χ3n) is 3.08. The number of benzene rings is 1. The Hall–Kier alpha value is -1.77. The van der Waals surface area contributed by atoms with Crippen molar-refractivity contribution in [3.63, 3.8) is 0 Å². The monoisotopic (exact) mass is 259 g/mol. The lowest BCUT2D eigenvalue weighted by molar-refractivity contribution is -0.120. The van der Waals surface area contributed by atoms with E-state index < -0.39 is 0 Å². The molecule has 0 atom stereocenters. The number of hydrogen-bond acceptors (Lipinski definition) is 3. The van der Waals surface area contributed by atoms with Crippen molar-refractivity contribution in [3.05, 3.63) is 36.0 Å². The molecule has 0 saturated heterocycles. The van der Waals surface area contributed by atoms with Crippen LogP contribution in [0.4, 0.5) is 5.69 Å². The number of ether oxygens (including phenoxy) is 1. The van der Waals surface area contributed by atoms with Crippen LogP contribution in [0.5, 0.6) is 5.75 Å². The molecule has 0 radical (unpaired) electrons. The number of rotatable bonds is 4. The topological polar surface area (TPSA) is 38.3 Å².